The van der Waals surface area contributed by atoms with Crippen molar-refractivity contribution in [1.82, 2.24) is 9.21 Å². The number of aryl methyl sites for hydroxylation is 2. The van der Waals surface area contributed by atoms with E-state index in [-0.39, 0.29) is 23.9 Å². The number of carbonyl (C=O) groups excluding carboxylic acids is 1. The topological polar surface area (TPSA) is 66.9 Å². The van der Waals surface area contributed by atoms with E-state index in [1.807, 2.05) is 32.0 Å². The Labute approximate surface area is 160 Å². The lowest BCUT2D eigenvalue weighted by atomic mass is 10.0. The quantitative estimate of drug-likeness (QED) is 0.807. The third-order valence-corrected chi connectivity index (χ3v) is 6.75. The average Bonchev–Trinajstić information content (AvgIpc) is 2.67. The number of hydrogen-bond acceptors (Lipinski definition) is 4. The third-order valence-electron chi connectivity index (χ3n) is 4.84. The van der Waals surface area contributed by atoms with Crippen LogP contribution in [0.25, 0.3) is 0 Å². The highest BCUT2D eigenvalue weighted by molar-refractivity contribution is 7.89. The number of piperazine rings is 1. The van der Waals surface area contributed by atoms with Gasteiger partial charge in [0, 0.05) is 31.7 Å². The second-order valence-corrected chi connectivity index (χ2v) is 8.63. The molecule has 0 unspecified atom stereocenters. The zero-order chi connectivity index (χ0) is 19.6. The largest absolute Gasteiger partial charge is 0.497 e. The van der Waals surface area contributed by atoms with Gasteiger partial charge in [-0.2, -0.15) is 4.31 Å². The number of ether oxygens (including phenoxy) is 1. The summed E-state index contributed by atoms with van der Waals surface area (Å²) in [6.07, 6.45) is 0. The molecule has 2 aromatic carbocycles. The van der Waals surface area contributed by atoms with Gasteiger partial charge in [-0.05, 0) is 49.7 Å². The van der Waals surface area contributed by atoms with E-state index in [0.717, 1.165) is 11.1 Å². The van der Waals surface area contributed by atoms with Gasteiger partial charge in [0.25, 0.3) is 5.91 Å². The summed E-state index contributed by atoms with van der Waals surface area (Å²) in [5.41, 5.74) is 2.72. The van der Waals surface area contributed by atoms with Crippen molar-refractivity contribution >= 4 is 15.9 Å². The summed E-state index contributed by atoms with van der Waals surface area (Å²) in [5, 5.41) is 0. The van der Waals surface area contributed by atoms with Crippen LogP contribution in [-0.2, 0) is 10.0 Å². The van der Waals surface area contributed by atoms with E-state index < -0.39 is 10.0 Å². The fourth-order valence-corrected chi connectivity index (χ4v) is 4.67. The molecule has 7 heteroatoms. The Bertz CT molecular complexity index is 931. The zero-order valence-electron chi connectivity index (χ0n) is 15.8. The Morgan fingerprint density at radius 1 is 0.963 bits per heavy atom. The molecule has 1 aliphatic heterocycles. The van der Waals surface area contributed by atoms with E-state index in [4.69, 9.17) is 4.74 Å². The molecule has 0 aromatic heterocycles. The van der Waals surface area contributed by atoms with Crippen molar-refractivity contribution in [2.24, 2.45) is 0 Å². The summed E-state index contributed by atoms with van der Waals surface area (Å²) in [5.74, 6) is 0.562. The number of carbonyl (C=O) groups is 1. The highest BCUT2D eigenvalue weighted by Crippen LogP contribution is 2.21. The van der Waals surface area contributed by atoms with Crippen LogP contribution in [0.15, 0.2) is 47.4 Å². The van der Waals surface area contributed by atoms with Gasteiger partial charge in [0.05, 0.1) is 12.0 Å². The molecule has 1 aliphatic rings. The molecule has 0 N–H and O–H groups in total. The second kappa shape index (κ2) is 7.70. The van der Waals surface area contributed by atoms with Gasteiger partial charge < -0.3 is 9.64 Å². The molecule has 0 bridgehead atoms. The molecule has 144 valence electrons. The maximum atomic E-state index is 12.8. The molecule has 27 heavy (non-hydrogen) atoms. The van der Waals surface area contributed by atoms with Gasteiger partial charge in [0.15, 0.2) is 0 Å². The Kier molecular flexibility index (Phi) is 5.53. The molecule has 6 nitrogen and oxygen atoms in total. The third kappa shape index (κ3) is 3.99. The predicted molar refractivity (Wildman–Crippen MR) is 104 cm³/mol. The first kappa shape index (κ1) is 19.4. The maximum absolute atomic E-state index is 12.8. The molecule has 1 saturated heterocycles. The molecule has 3 rings (SSSR count). The Morgan fingerprint density at radius 2 is 1.59 bits per heavy atom. The van der Waals surface area contributed by atoms with E-state index >= 15 is 0 Å². The highest BCUT2D eigenvalue weighted by atomic mass is 32.2. The summed E-state index contributed by atoms with van der Waals surface area (Å²) >= 11 is 0. The molecule has 0 atom stereocenters. The van der Waals surface area contributed by atoms with Gasteiger partial charge in [0.2, 0.25) is 10.0 Å². The first-order valence-electron chi connectivity index (χ1n) is 8.83. The van der Waals surface area contributed by atoms with Gasteiger partial charge in [0.1, 0.15) is 5.75 Å². The summed E-state index contributed by atoms with van der Waals surface area (Å²) < 4.78 is 32.1. The maximum Gasteiger partial charge on any atom is 0.254 e. The smallest absolute Gasteiger partial charge is 0.254 e. The van der Waals surface area contributed by atoms with Gasteiger partial charge in [-0.1, -0.05) is 17.7 Å². The monoisotopic (exact) mass is 388 g/mol. The van der Waals surface area contributed by atoms with Crippen LogP contribution in [0.1, 0.15) is 21.5 Å². The van der Waals surface area contributed by atoms with Crippen molar-refractivity contribution in [2.45, 2.75) is 18.7 Å². The van der Waals surface area contributed by atoms with Crippen LogP contribution in [0.5, 0.6) is 5.75 Å². The van der Waals surface area contributed by atoms with Crippen LogP contribution >= 0.6 is 0 Å². The summed E-state index contributed by atoms with van der Waals surface area (Å²) in [7, 11) is -2.04. The molecule has 0 aliphatic carbocycles. The minimum Gasteiger partial charge on any atom is -0.497 e. The number of nitrogens with zero attached hydrogens (tertiary/aromatic N) is 2. The molecular weight excluding hydrogens is 364 g/mol. The number of sulfonamides is 1. The second-order valence-electron chi connectivity index (χ2n) is 6.69. The molecule has 1 amide bonds. The van der Waals surface area contributed by atoms with Gasteiger partial charge in [-0.15, -0.1) is 0 Å². The summed E-state index contributed by atoms with van der Waals surface area (Å²) in [4.78, 5) is 14.7. The number of rotatable bonds is 4. The number of benzene rings is 2. The van der Waals surface area contributed by atoms with Crippen LogP contribution < -0.4 is 4.74 Å². The van der Waals surface area contributed by atoms with Gasteiger partial charge >= 0.3 is 0 Å². The SMILES string of the molecule is COc1ccc(S(=O)(=O)N2CCN(C(=O)c3ccc(C)cc3C)CC2)cc1. The molecule has 0 radical (unpaired) electrons. The fourth-order valence-electron chi connectivity index (χ4n) is 3.25. The number of methoxy groups -OCH3 is 1. The predicted octanol–water partition coefficient (Wildman–Crippen LogP) is 2.46. The molecular formula is C20H24N2O4S. The van der Waals surface area contributed by atoms with Crippen LogP contribution in [-0.4, -0.2) is 56.8 Å². The summed E-state index contributed by atoms with van der Waals surface area (Å²) in [6.45, 7) is 5.23. The van der Waals surface area contributed by atoms with Crippen molar-refractivity contribution in [1.29, 1.82) is 0 Å². The lowest BCUT2D eigenvalue weighted by Gasteiger charge is -2.34. The van der Waals surface area contributed by atoms with Crippen molar-refractivity contribution in [3.63, 3.8) is 0 Å². The first-order chi connectivity index (χ1) is 12.8. The lowest BCUT2D eigenvalue weighted by molar-refractivity contribution is 0.0697. The van der Waals surface area contributed by atoms with E-state index in [9.17, 15) is 13.2 Å². The van der Waals surface area contributed by atoms with E-state index in [2.05, 4.69) is 0 Å². The normalized spacial score (nSPS) is 15.6. The number of amides is 1. The Hall–Kier alpha value is -2.38. The van der Waals surface area contributed by atoms with Crippen molar-refractivity contribution in [3.05, 3.63) is 59.2 Å². The molecule has 2 aromatic rings. The molecule has 1 heterocycles. The lowest BCUT2D eigenvalue weighted by Crippen LogP contribution is -2.50. The van der Waals surface area contributed by atoms with E-state index in [0.29, 0.717) is 24.4 Å². The van der Waals surface area contributed by atoms with Crippen LogP contribution in [0, 0.1) is 13.8 Å². The molecule has 0 spiro atoms. The first-order valence-corrected chi connectivity index (χ1v) is 10.3. The highest BCUT2D eigenvalue weighted by Gasteiger charge is 2.30. The molecule has 1 fully saturated rings. The summed E-state index contributed by atoms with van der Waals surface area (Å²) in [6, 6.07) is 12.1. The van der Waals surface area contributed by atoms with Gasteiger partial charge in [-0.3, -0.25) is 4.79 Å². The average molecular weight is 388 g/mol. The zero-order valence-corrected chi connectivity index (χ0v) is 16.6. The fraction of sp³-hybridized carbons (Fsp3) is 0.350. The Balaban J connectivity index is 1.69. The van der Waals surface area contributed by atoms with Crippen molar-refractivity contribution < 1.29 is 17.9 Å². The van der Waals surface area contributed by atoms with E-state index in [1.165, 1.54) is 11.4 Å². The van der Waals surface area contributed by atoms with Crippen molar-refractivity contribution in [2.75, 3.05) is 33.3 Å². The van der Waals surface area contributed by atoms with Crippen molar-refractivity contribution in [3.8, 4) is 5.75 Å². The van der Waals surface area contributed by atoms with E-state index in [1.54, 1.807) is 29.2 Å². The standard InChI is InChI=1S/C20H24N2O4S/c1-15-4-9-19(16(2)14-15)20(23)21-10-12-22(13-11-21)27(24,25)18-7-5-17(26-3)6-8-18/h4-9,14H,10-13H2,1-3H3. The van der Waals surface area contributed by atoms with Gasteiger partial charge in [-0.25, -0.2) is 8.42 Å². The van der Waals surface area contributed by atoms with Crippen LogP contribution in [0.3, 0.4) is 0 Å². The van der Waals surface area contributed by atoms with Crippen LogP contribution in [0.4, 0.5) is 0 Å². The number of hydrogen-bond donors (Lipinski definition) is 0. The molecule has 0 saturated carbocycles. The minimum absolute atomic E-state index is 0.0472. The van der Waals surface area contributed by atoms with Crippen LogP contribution in [0.2, 0.25) is 0 Å². The Morgan fingerprint density at radius 3 is 2.15 bits per heavy atom. The minimum atomic E-state index is -3.57.